The predicted octanol–water partition coefficient (Wildman–Crippen LogP) is 8.23. The molecule has 7 rings (SSSR count). The minimum atomic E-state index is -3.10. The van der Waals surface area contributed by atoms with Crippen molar-refractivity contribution in [3.05, 3.63) is 123 Å². The summed E-state index contributed by atoms with van der Waals surface area (Å²) in [6.45, 7) is 4.89. The van der Waals surface area contributed by atoms with Crippen molar-refractivity contribution in [2.75, 3.05) is 0 Å². The zero-order valence-corrected chi connectivity index (χ0v) is 24.9. The average molecular weight is 653 g/mol. The molecule has 0 unspecified atom stereocenters. The summed E-state index contributed by atoms with van der Waals surface area (Å²) in [4.78, 5) is 0. The minimum absolute atomic E-state index is 0.0219. The Bertz CT molecular complexity index is 2260. The molecule has 2 aliphatic rings. The van der Waals surface area contributed by atoms with Gasteiger partial charge in [0.2, 0.25) is 0 Å². The number of benzene rings is 5. The second-order valence-electron chi connectivity index (χ2n) is 11.7. The van der Waals surface area contributed by atoms with Crippen molar-refractivity contribution in [2.45, 2.75) is 20.0 Å². The van der Waals surface area contributed by atoms with Crippen LogP contribution in [0.15, 0.2) is 48.0 Å². The molecule has 0 saturated carbocycles. The Labute approximate surface area is 256 Å². The van der Waals surface area contributed by atoms with Crippen molar-refractivity contribution in [1.29, 1.82) is 0 Å². The Balaban J connectivity index is 1.74. The van der Waals surface area contributed by atoms with Gasteiger partial charge in [-0.1, -0.05) is 0 Å². The van der Waals surface area contributed by atoms with Gasteiger partial charge >= 0.3 is 257 Å². The fourth-order valence-corrected chi connectivity index (χ4v) is 10.5. The third-order valence-corrected chi connectivity index (χ3v) is 12.2. The van der Waals surface area contributed by atoms with Crippen LogP contribution in [0.2, 0.25) is 13.1 Å². The number of fused-ring (bicyclic) bond motifs is 4. The molecule has 0 N–H and O–H groups in total. The van der Waals surface area contributed by atoms with Gasteiger partial charge in [-0.05, 0) is 0 Å². The molecule has 0 nitrogen and oxygen atoms in total. The van der Waals surface area contributed by atoms with E-state index < -0.39 is 88.5 Å². The van der Waals surface area contributed by atoms with Gasteiger partial charge < -0.3 is 0 Å². The van der Waals surface area contributed by atoms with Crippen LogP contribution in [0.25, 0.3) is 38.6 Å². The van der Waals surface area contributed by atoms with Crippen LogP contribution in [0.5, 0.6) is 0 Å². The van der Waals surface area contributed by atoms with E-state index >= 15 is 17.6 Å². The molecule has 0 spiro atoms. The first-order valence-corrected chi connectivity index (χ1v) is 16.7. The van der Waals surface area contributed by atoms with Crippen LogP contribution in [-0.2, 0) is 0 Å². The van der Waals surface area contributed by atoms with E-state index in [0.29, 0.717) is 21.9 Å². The zero-order valence-electron chi connectivity index (χ0n) is 23.9. The molecule has 12 heteroatoms. The maximum atomic E-state index is 15.7. The molecule has 0 aromatic heterocycles. The molecule has 5 aromatic carbocycles. The van der Waals surface area contributed by atoms with Crippen molar-refractivity contribution in [3.8, 4) is 22.3 Å². The second kappa shape index (κ2) is 9.78. The van der Waals surface area contributed by atoms with Crippen molar-refractivity contribution in [1.82, 2.24) is 0 Å². The van der Waals surface area contributed by atoms with Gasteiger partial charge in [0.05, 0.1) is 0 Å². The average Bonchev–Trinajstić information content (AvgIpc) is 3.52. The summed E-state index contributed by atoms with van der Waals surface area (Å²) in [6, 6.07) is 12.5. The molecule has 0 bridgehead atoms. The molecule has 5 aromatic rings. The first kappa shape index (κ1) is 30.2. The number of hydrogen-bond acceptors (Lipinski definition) is 0. The van der Waals surface area contributed by atoms with Crippen molar-refractivity contribution in [2.24, 2.45) is 0 Å². The first-order valence-electron chi connectivity index (χ1n) is 13.7. The molecule has 46 heavy (non-hydrogen) atoms. The maximum absolute atomic E-state index is 15.7. The van der Waals surface area contributed by atoms with Crippen molar-refractivity contribution < 1.29 is 43.9 Å². The summed E-state index contributed by atoms with van der Waals surface area (Å²) in [5.41, 5.74) is -3.99. The molecule has 1 radical (unpaired) electrons. The van der Waals surface area contributed by atoms with E-state index in [1.807, 2.05) is 12.1 Å². The number of allylic oxidation sites excluding steroid dienone is 1. The Hall–Kier alpha value is -4.45. The molecular weight excluding hydrogens is 637 g/mol. The van der Waals surface area contributed by atoms with Crippen molar-refractivity contribution in [3.63, 3.8) is 0 Å². The van der Waals surface area contributed by atoms with E-state index in [9.17, 15) is 26.3 Å². The van der Waals surface area contributed by atoms with Gasteiger partial charge in [-0.3, -0.25) is 0 Å². The van der Waals surface area contributed by atoms with Gasteiger partial charge in [-0.25, -0.2) is 0 Å². The quantitative estimate of drug-likeness (QED) is 0.0797. The fraction of sp³-hybridized carbons (Fsp3) is 0.0882. The molecule has 0 atom stereocenters. The Morgan fingerprint density at radius 1 is 0.478 bits per heavy atom. The number of rotatable bonds is 3. The molecule has 229 valence electrons. The SMILES string of the molecule is [B]=C1C(C)=C(c2cccc3ccccc23)c2c1c(-c1c(F)c(F)c(F)c(F)c1F)c(-c1c(F)c(F)c(F)c(F)c1F)c1c2[Si]1(C)C. The third-order valence-electron chi connectivity index (χ3n) is 8.96. The number of halogens is 10. The Morgan fingerprint density at radius 2 is 0.913 bits per heavy atom. The summed E-state index contributed by atoms with van der Waals surface area (Å²) in [7, 11) is 3.47. The van der Waals surface area contributed by atoms with Crippen molar-refractivity contribution >= 4 is 47.7 Å². The Kier molecular flexibility index (Phi) is 6.42. The Morgan fingerprint density at radius 3 is 1.46 bits per heavy atom. The normalized spacial score (nSPS) is 14.7. The van der Waals surface area contributed by atoms with Gasteiger partial charge in [0.1, 0.15) is 0 Å². The molecule has 1 heterocycles. The summed E-state index contributed by atoms with van der Waals surface area (Å²) < 4.78 is 150. The van der Waals surface area contributed by atoms with Gasteiger partial charge in [-0.2, -0.15) is 0 Å². The van der Waals surface area contributed by atoms with Crippen LogP contribution in [0.3, 0.4) is 0 Å². The van der Waals surface area contributed by atoms with Crippen LogP contribution in [0.4, 0.5) is 43.9 Å². The van der Waals surface area contributed by atoms with Crippen LogP contribution in [0, 0.1) is 58.2 Å². The van der Waals surface area contributed by atoms with E-state index in [1.54, 1.807) is 50.3 Å². The standard InChI is InChI=1S/C34H16BF10Si/c1-11-15(14-10-6-8-12-7-4-5-9-13(12)14)18-17(22(11)35)16(20-23(36)27(40)31(44)28(41)24(20)37)19(34-33(18)46(34,2)3)21-25(38)29(42)32(45)30(43)26(21)39/h4-10H,1-3H3. The number of hydrogen-bond donors (Lipinski definition) is 0. The van der Waals surface area contributed by atoms with Gasteiger partial charge in [0.15, 0.2) is 0 Å². The molecule has 1 aliphatic heterocycles. The van der Waals surface area contributed by atoms with Crippen LogP contribution >= 0.6 is 0 Å². The van der Waals surface area contributed by atoms with Gasteiger partial charge in [0, 0.05) is 0 Å². The topological polar surface area (TPSA) is 0 Å². The van der Waals surface area contributed by atoms with Crippen LogP contribution < -0.4 is 10.4 Å². The predicted molar refractivity (Wildman–Crippen MR) is 159 cm³/mol. The summed E-state index contributed by atoms with van der Waals surface area (Å²) in [5, 5.41) is 1.96. The second-order valence-corrected chi connectivity index (χ2v) is 16.0. The van der Waals surface area contributed by atoms with E-state index in [2.05, 4.69) is 0 Å². The summed E-state index contributed by atoms with van der Waals surface area (Å²) in [6.07, 6.45) is 0. The van der Waals surface area contributed by atoms with E-state index in [1.165, 1.54) is 0 Å². The molecular formula is C34H16BF10Si. The molecule has 0 fully saturated rings. The third kappa shape index (κ3) is 3.67. The monoisotopic (exact) mass is 653 g/mol. The van der Waals surface area contributed by atoms with Crippen LogP contribution in [-0.4, -0.2) is 21.0 Å². The van der Waals surface area contributed by atoms with Crippen LogP contribution in [0.1, 0.15) is 23.6 Å². The molecule has 0 amide bonds. The van der Waals surface area contributed by atoms with E-state index in [0.717, 1.165) is 10.8 Å². The first-order chi connectivity index (χ1) is 21.6. The summed E-state index contributed by atoms with van der Waals surface area (Å²) in [5.74, 6) is -23.9. The molecule has 0 saturated heterocycles. The van der Waals surface area contributed by atoms with E-state index in [-0.39, 0.29) is 21.8 Å². The van der Waals surface area contributed by atoms with Gasteiger partial charge in [-0.15, -0.1) is 0 Å². The van der Waals surface area contributed by atoms with E-state index in [4.69, 9.17) is 7.49 Å². The molecule has 1 aliphatic carbocycles. The summed E-state index contributed by atoms with van der Waals surface area (Å²) >= 11 is 0. The fourth-order valence-electron chi connectivity index (χ4n) is 6.80. The van der Waals surface area contributed by atoms with Gasteiger partial charge in [0.25, 0.3) is 0 Å². The zero-order chi connectivity index (χ0) is 33.3.